The molecule has 0 aromatic carbocycles. The van der Waals surface area contributed by atoms with Gasteiger partial charge in [-0.25, -0.2) is 4.72 Å². The van der Waals surface area contributed by atoms with Crippen LogP contribution in [0.2, 0.25) is 0 Å². The van der Waals surface area contributed by atoms with Gasteiger partial charge in [-0.15, -0.1) is 11.6 Å². The second kappa shape index (κ2) is 6.03. The first-order chi connectivity index (χ1) is 7.02. The van der Waals surface area contributed by atoms with Crippen LogP contribution < -0.4 is 4.72 Å². The molecule has 0 amide bonds. The van der Waals surface area contributed by atoms with Gasteiger partial charge in [-0.3, -0.25) is 0 Å². The standard InChI is InChI=1S/C9H19ClN2O2S/c1-9(10)5-6-11-15(13,14)12-7-3-2-4-8-12/h9,11H,2-8H2,1H3. The highest BCUT2D eigenvalue weighted by Gasteiger charge is 2.22. The lowest BCUT2D eigenvalue weighted by Crippen LogP contribution is -2.43. The van der Waals surface area contributed by atoms with Crippen molar-refractivity contribution in [2.24, 2.45) is 0 Å². The molecule has 6 heteroatoms. The van der Waals surface area contributed by atoms with Crippen molar-refractivity contribution >= 4 is 21.8 Å². The summed E-state index contributed by atoms with van der Waals surface area (Å²) in [4.78, 5) is 0. The molecule has 1 aliphatic heterocycles. The Bertz CT molecular complexity index is 274. The molecule has 1 heterocycles. The van der Waals surface area contributed by atoms with E-state index < -0.39 is 10.2 Å². The van der Waals surface area contributed by atoms with E-state index in [0.717, 1.165) is 19.3 Å². The number of nitrogens with zero attached hydrogens (tertiary/aromatic N) is 1. The Morgan fingerprint density at radius 2 is 1.93 bits per heavy atom. The first kappa shape index (κ1) is 13.2. The molecular formula is C9H19ClN2O2S. The monoisotopic (exact) mass is 254 g/mol. The van der Waals surface area contributed by atoms with Crippen LogP contribution in [-0.2, 0) is 10.2 Å². The van der Waals surface area contributed by atoms with E-state index in [1.165, 1.54) is 4.31 Å². The van der Waals surface area contributed by atoms with Crippen molar-refractivity contribution in [3.8, 4) is 0 Å². The third-order valence-corrected chi connectivity index (χ3v) is 4.31. The first-order valence-corrected chi connectivity index (χ1v) is 7.29. The summed E-state index contributed by atoms with van der Waals surface area (Å²) in [6.07, 6.45) is 3.72. The number of alkyl halides is 1. The van der Waals surface area contributed by atoms with Gasteiger partial charge < -0.3 is 0 Å². The minimum atomic E-state index is -3.25. The average Bonchev–Trinajstić information content (AvgIpc) is 2.18. The lowest BCUT2D eigenvalue weighted by atomic mass is 10.2. The molecule has 0 radical (unpaired) electrons. The highest BCUT2D eigenvalue weighted by atomic mass is 35.5. The normalized spacial score (nSPS) is 21.5. The Labute approximate surface area is 97.2 Å². The van der Waals surface area contributed by atoms with Crippen LogP contribution >= 0.6 is 11.6 Å². The highest BCUT2D eigenvalue weighted by molar-refractivity contribution is 7.87. The van der Waals surface area contributed by atoms with E-state index in [0.29, 0.717) is 26.1 Å². The molecule has 0 aromatic heterocycles. The Balaban J connectivity index is 2.36. The Hall–Kier alpha value is 0.160. The minimum absolute atomic E-state index is 0.00839. The Kier molecular flexibility index (Phi) is 5.32. The summed E-state index contributed by atoms with van der Waals surface area (Å²) >= 11 is 5.74. The Morgan fingerprint density at radius 1 is 1.33 bits per heavy atom. The third-order valence-electron chi connectivity index (χ3n) is 2.48. The zero-order valence-corrected chi connectivity index (χ0v) is 10.6. The van der Waals surface area contributed by atoms with Crippen LogP contribution in [0.1, 0.15) is 32.6 Å². The quantitative estimate of drug-likeness (QED) is 0.753. The van der Waals surface area contributed by atoms with Crippen LogP contribution in [0.25, 0.3) is 0 Å². The van der Waals surface area contributed by atoms with Crippen LogP contribution in [0, 0.1) is 0 Å². The number of piperidine rings is 1. The maximum Gasteiger partial charge on any atom is 0.279 e. The molecule has 0 aromatic rings. The summed E-state index contributed by atoms with van der Waals surface area (Å²) in [5.41, 5.74) is 0. The number of nitrogens with one attached hydrogen (secondary N) is 1. The van der Waals surface area contributed by atoms with Crippen molar-refractivity contribution in [1.29, 1.82) is 0 Å². The van der Waals surface area contributed by atoms with Crippen LogP contribution in [0.4, 0.5) is 0 Å². The summed E-state index contributed by atoms with van der Waals surface area (Å²) in [6, 6.07) is 0. The predicted octanol–water partition coefficient (Wildman–Crippen LogP) is 1.32. The molecule has 1 fully saturated rings. The molecule has 0 saturated carbocycles. The molecule has 1 rings (SSSR count). The third kappa shape index (κ3) is 4.68. The number of hydrogen-bond acceptors (Lipinski definition) is 2. The zero-order chi connectivity index (χ0) is 11.3. The van der Waals surface area contributed by atoms with E-state index >= 15 is 0 Å². The SMILES string of the molecule is CC(Cl)CCNS(=O)(=O)N1CCCCC1. The van der Waals surface area contributed by atoms with Gasteiger partial charge in [0.15, 0.2) is 0 Å². The average molecular weight is 255 g/mol. The molecule has 90 valence electrons. The van der Waals surface area contributed by atoms with Crippen molar-refractivity contribution in [3.63, 3.8) is 0 Å². The molecule has 0 bridgehead atoms. The van der Waals surface area contributed by atoms with Gasteiger partial charge in [0, 0.05) is 25.0 Å². The lowest BCUT2D eigenvalue weighted by Gasteiger charge is -2.25. The maximum absolute atomic E-state index is 11.7. The fraction of sp³-hybridized carbons (Fsp3) is 1.00. The van der Waals surface area contributed by atoms with Crippen LogP contribution in [0.3, 0.4) is 0 Å². The maximum atomic E-state index is 11.7. The van der Waals surface area contributed by atoms with Crippen molar-refractivity contribution in [1.82, 2.24) is 9.03 Å². The molecule has 1 atom stereocenters. The van der Waals surface area contributed by atoms with Gasteiger partial charge in [0.25, 0.3) is 10.2 Å². The van der Waals surface area contributed by atoms with Crippen LogP contribution in [0.15, 0.2) is 0 Å². The molecule has 15 heavy (non-hydrogen) atoms. The fourth-order valence-corrected chi connectivity index (χ4v) is 2.99. The van der Waals surface area contributed by atoms with E-state index in [9.17, 15) is 8.42 Å². The minimum Gasteiger partial charge on any atom is -0.202 e. The van der Waals surface area contributed by atoms with Gasteiger partial charge >= 0.3 is 0 Å². The lowest BCUT2D eigenvalue weighted by molar-refractivity contribution is 0.341. The van der Waals surface area contributed by atoms with Gasteiger partial charge in [-0.05, 0) is 26.2 Å². The summed E-state index contributed by atoms with van der Waals surface area (Å²) in [5.74, 6) is 0. The molecule has 1 aliphatic rings. The second-order valence-corrected chi connectivity index (χ2v) is 6.43. The highest BCUT2D eigenvalue weighted by Crippen LogP contribution is 2.11. The van der Waals surface area contributed by atoms with E-state index in [1.807, 2.05) is 6.92 Å². The molecule has 1 saturated heterocycles. The molecule has 4 nitrogen and oxygen atoms in total. The van der Waals surface area contributed by atoms with Crippen LogP contribution in [0.5, 0.6) is 0 Å². The summed E-state index contributed by atoms with van der Waals surface area (Å²) in [5, 5.41) is 0.00839. The van der Waals surface area contributed by atoms with Gasteiger partial charge in [0.2, 0.25) is 0 Å². The number of halogens is 1. The van der Waals surface area contributed by atoms with E-state index in [1.54, 1.807) is 0 Å². The van der Waals surface area contributed by atoms with Gasteiger partial charge in [0.05, 0.1) is 0 Å². The van der Waals surface area contributed by atoms with E-state index in [4.69, 9.17) is 11.6 Å². The molecule has 1 unspecified atom stereocenters. The predicted molar refractivity (Wildman–Crippen MR) is 62.3 cm³/mol. The second-order valence-electron chi connectivity index (χ2n) is 3.93. The van der Waals surface area contributed by atoms with Crippen molar-refractivity contribution in [3.05, 3.63) is 0 Å². The topological polar surface area (TPSA) is 49.4 Å². The molecule has 1 N–H and O–H groups in total. The van der Waals surface area contributed by atoms with Crippen molar-refractivity contribution < 1.29 is 8.42 Å². The summed E-state index contributed by atoms with van der Waals surface area (Å²) < 4.78 is 27.6. The van der Waals surface area contributed by atoms with E-state index in [2.05, 4.69) is 4.72 Å². The van der Waals surface area contributed by atoms with Crippen molar-refractivity contribution in [2.45, 2.75) is 38.0 Å². The van der Waals surface area contributed by atoms with E-state index in [-0.39, 0.29) is 5.38 Å². The molecular weight excluding hydrogens is 236 g/mol. The zero-order valence-electron chi connectivity index (χ0n) is 9.08. The number of rotatable bonds is 5. The summed E-state index contributed by atoms with van der Waals surface area (Å²) in [7, 11) is -3.25. The van der Waals surface area contributed by atoms with Crippen LogP contribution in [-0.4, -0.2) is 37.7 Å². The van der Waals surface area contributed by atoms with Crippen molar-refractivity contribution in [2.75, 3.05) is 19.6 Å². The first-order valence-electron chi connectivity index (χ1n) is 5.41. The fourth-order valence-electron chi connectivity index (χ4n) is 1.58. The van der Waals surface area contributed by atoms with Gasteiger partial charge in [0.1, 0.15) is 0 Å². The Morgan fingerprint density at radius 3 is 2.47 bits per heavy atom. The number of hydrogen-bond donors (Lipinski definition) is 1. The molecule has 0 aliphatic carbocycles. The summed E-state index contributed by atoms with van der Waals surface area (Å²) in [6.45, 7) is 3.57. The van der Waals surface area contributed by atoms with Gasteiger partial charge in [-0.1, -0.05) is 6.42 Å². The molecule has 0 spiro atoms. The van der Waals surface area contributed by atoms with Gasteiger partial charge in [-0.2, -0.15) is 12.7 Å². The smallest absolute Gasteiger partial charge is 0.202 e. The largest absolute Gasteiger partial charge is 0.279 e.